The molecular weight excluding hydrogens is 304 g/mol. The van der Waals surface area contributed by atoms with Crippen LogP contribution in [0.25, 0.3) is 11.1 Å². The molecule has 0 aliphatic rings. The van der Waals surface area contributed by atoms with Gasteiger partial charge in [0.2, 0.25) is 0 Å². The van der Waals surface area contributed by atoms with Gasteiger partial charge in [-0.1, -0.05) is 12.1 Å². The Hall–Kier alpha value is -2.89. The van der Waals surface area contributed by atoms with Gasteiger partial charge < -0.3 is 9.30 Å². The lowest BCUT2D eigenvalue weighted by Gasteiger charge is -2.18. The molecule has 3 aromatic rings. The fourth-order valence-corrected chi connectivity index (χ4v) is 2.21. The SMILES string of the molecule is Cn1ccnc(Oc2ccc(-c3cnn(C(C)(C)C)c3)cc2)c1=O. The summed E-state index contributed by atoms with van der Waals surface area (Å²) in [4.78, 5) is 15.9. The molecule has 1 aromatic carbocycles. The Morgan fingerprint density at radius 3 is 2.42 bits per heavy atom. The minimum atomic E-state index is -0.270. The van der Waals surface area contributed by atoms with Gasteiger partial charge in [0.15, 0.2) is 0 Å². The highest BCUT2D eigenvalue weighted by atomic mass is 16.5. The molecule has 6 nitrogen and oxygen atoms in total. The van der Waals surface area contributed by atoms with Gasteiger partial charge in [0, 0.05) is 31.2 Å². The van der Waals surface area contributed by atoms with Crippen molar-refractivity contribution in [1.82, 2.24) is 19.3 Å². The largest absolute Gasteiger partial charge is 0.435 e. The monoisotopic (exact) mass is 324 g/mol. The molecule has 3 rings (SSSR count). The third-order valence-electron chi connectivity index (χ3n) is 3.66. The third kappa shape index (κ3) is 3.22. The van der Waals surface area contributed by atoms with Gasteiger partial charge in [-0.2, -0.15) is 5.10 Å². The number of hydrogen-bond donors (Lipinski definition) is 0. The maximum Gasteiger partial charge on any atom is 0.313 e. The second-order valence-electron chi connectivity index (χ2n) is 6.62. The van der Waals surface area contributed by atoms with Gasteiger partial charge >= 0.3 is 5.56 Å². The van der Waals surface area contributed by atoms with E-state index >= 15 is 0 Å². The van der Waals surface area contributed by atoms with Crippen LogP contribution in [-0.4, -0.2) is 19.3 Å². The van der Waals surface area contributed by atoms with E-state index in [1.165, 1.54) is 10.8 Å². The molecule has 6 heteroatoms. The molecule has 0 fully saturated rings. The van der Waals surface area contributed by atoms with Crippen LogP contribution in [0.2, 0.25) is 0 Å². The average molecular weight is 324 g/mol. The van der Waals surface area contributed by atoms with Crippen LogP contribution in [0.1, 0.15) is 20.8 Å². The van der Waals surface area contributed by atoms with Crippen LogP contribution >= 0.6 is 0 Å². The van der Waals surface area contributed by atoms with Crippen molar-refractivity contribution in [3.05, 3.63) is 59.4 Å². The van der Waals surface area contributed by atoms with Gasteiger partial charge in [-0.05, 0) is 38.5 Å². The van der Waals surface area contributed by atoms with E-state index in [1.807, 2.05) is 41.3 Å². The molecule has 0 unspecified atom stereocenters. The van der Waals surface area contributed by atoms with Crippen molar-refractivity contribution in [2.45, 2.75) is 26.3 Å². The first kappa shape index (κ1) is 16.0. The Morgan fingerprint density at radius 2 is 1.79 bits per heavy atom. The zero-order valence-corrected chi connectivity index (χ0v) is 14.2. The molecule has 2 heterocycles. The van der Waals surface area contributed by atoms with E-state index in [0.29, 0.717) is 5.75 Å². The van der Waals surface area contributed by atoms with Crippen LogP contribution < -0.4 is 10.3 Å². The van der Waals surface area contributed by atoms with Crippen molar-refractivity contribution >= 4 is 0 Å². The van der Waals surface area contributed by atoms with Crippen molar-refractivity contribution in [1.29, 1.82) is 0 Å². The van der Waals surface area contributed by atoms with E-state index in [1.54, 1.807) is 13.2 Å². The van der Waals surface area contributed by atoms with E-state index in [4.69, 9.17) is 4.74 Å². The van der Waals surface area contributed by atoms with Crippen LogP contribution in [0, 0.1) is 0 Å². The number of aromatic nitrogens is 4. The Bertz CT molecular complexity index is 902. The summed E-state index contributed by atoms with van der Waals surface area (Å²) in [5.74, 6) is 0.631. The number of nitrogens with zero attached hydrogens (tertiary/aromatic N) is 4. The van der Waals surface area contributed by atoms with Crippen molar-refractivity contribution in [3.63, 3.8) is 0 Å². The molecule has 0 radical (unpaired) electrons. The first-order valence-electron chi connectivity index (χ1n) is 7.70. The van der Waals surface area contributed by atoms with Gasteiger partial charge in [0.25, 0.3) is 5.88 Å². The molecule has 0 aliphatic heterocycles. The summed E-state index contributed by atoms with van der Waals surface area (Å²) in [7, 11) is 1.66. The zero-order chi connectivity index (χ0) is 17.3. The Kier molecular flexibility index (Phi) is 3.97. The normalized spacial score (nSPS) is 11.5. The summed E-state index contributed by atoms with van der Waals surface area (Å²) in [5.41, 5.74) is 1.74. The molecular formula is C18H20N4O2. The van der Waals surface area contributed by atoms with Gasteiger partial charge in [0.05, 0.1) is 11.7 Å². The van der Waals surface area contributed by atoms with Crippen LogP contribution in [0.5, 0.6) is 11.6 Å². The molecule has 24 heavy (non-hydrogen) atoms. The van der Waals surface area contributed by atoms with Crippen molar-refractivity contribution in [3.8, 4) is 22.8 Å². The number of rotatable bonds is 3. The summed E-state index contributed by atoms with van der Waals surface area (Å²) in [6, 6.07) is 7.51. The highest BCUT2D eigenvalue weighted by Gasteiger charge is 2.14. The number of hydrogen-bond acceptors (Lipinski definition) is 4. The average Bonchev–Trinajstić information content (AvgIpc) is 3.03. The summed E-state index contributed by atoms with van der Waals surface area (Å²) in [6.07, 6.45) is 6.98. The second kappa shape index (κ2) is 5.96. The van der Waals surface area contributed by atoms with Crippen LogP contribution in [0.4, 0.5) is 0 Å². The summed E-state index contributed by atoms with van der Waals surface area (Å²) >= 11 is 0. The third-order valence-corrected chi connectivity index (χ3v) is 3.66. The predicted octanol–water partition coefficient (Wildman–Crippen LogP) is 3.19. The fourth-order valence-electron chi connectivity index (χ4n) is 2.21. The van der Waals surface area contributed by atoms with E-state index in [0.717, 1.165) is 11.1 Å². The molecule has 0 saturated heterocycles. The molecule has 124 valence electrons. The van der Waals surface area contributed by atoms with E-state index in [-0.39, 0.29) is 17.0 Å². The topological polar surface area (TPSA) is 61.9 Å². The van der Waals surface area contributed by atoms with Crippen LogP contribution in [-0.2, 0) is 12.6 Å². The first-order valence-corrected chi connectivity index (χ1v) is 7.70. The Balaban J connectivity index is 1.82. The quantitative estimate of drug-likeness (QED) is 0.742. The second-order valence-corrected chi connectivity index (χ2v) is 6.62. The maximum atomic E-state index is 11.9. The molecule has 0 atom stereocenters. The van der Waals surface area contributed by atoms with Crippen molar-refractivity contribution < 1.29 is 4.74 Å². The van der Waals surface area contributed by atoms with E-state index in [9.17, 15) is 4.79 Å². The lowest BCUT2D eigenvalue weighted by atomic mass is 10.1. The number of aryl methyl sites for hydroxylation is 1. The minimum Gasteiger partial charge on any atom is -0.435 e. The Morgan fingerprint density at radius 1 is 1.08 bits per heavy atom. The van der Waals surface area contributed by atoms with Crippen LogP contribution in [0.15, 0.2) is 53.8 Å². The molecule has 0 spiro atoms. The van der Waals surface area contributed by atoms with Crippen molar-refractivity contribution in [2.75, 3.05) is 0 Å². The zero-order valence-electron chi connectivity index (χ0n) is 14.2. The predicted molar refractivity (Wildman–Crippen MR) is 92.2 cm³/mol. The van der Waals surface area contributed by atoms with Crippen LogP contribution in [0.3, 0.4) is 0 Å². The van der Waals surface area contributed by atoms with E-state index in [2.05, 4.69) is 30.9 Å². The van der Waals surface area contributed by atoms with Gasteiger partial charge in [-0.25, -0.2) is 4.98 Å². The number of benzene rings is 1. The summed E-state index contributed by atoms with van der Waals surface area (Å²) in [6.45, 7) is 6.32. The molecule has 0 amide bonds. The molecule has 0 bridgehead atoms. The van der Waals surface area contributed by atoms with Crippen molar-refractivity contribution in [2.24, 2.45) is 7.05 Å². The lowest BCUT2D eigenvalue weighted by molar-refractivity contribution is 0.355. The lowest BCUT2D eigenvalue weighted by Crippen LogP contribution is -2.21. The molecule has 0 saturated carbocycles. The maximum absolute atomic E-state index is 11.9. The van der Waals surface area contributed by atoms with Gasteiger partial charge in [-0.15, -0.1) is 0 Å². The highest BCUT2D eigenvalue weighted by Crippen LogP contribution is 2.25. The highest BCUT2D eigenvalue weighted by molar-refractivity contribution is 5.62. The molecule has 2 aromatic heterocycles. The molecule has 0 aliphatic carbocycles. The Labute approximate surface area is 140 Å². The molecule has 0 N–H and O–H groups in total. The van der Waals surface area contributed by atoms with Gasteiger partial charge in [-0.3, -0.25) is 9.48 Å². The number of ether oxygens (including phenoxy) is 1. The van der Waals surface area contributed by atoms with E-state index < -0.39 is 0 Å². The summed E-state index contributed by atoms with van der Waals surface area (Å²) in [5, 5.41) is 4.41. The van der Waals surface area contributed by atoms with Gasteiger partial charge in [0.1, 0.15) is 5.75 Å². The minimum absolute atomic E-state index is 0.0552. The smallest absolute Gasteiger partial charge is 0.313 e. The first-order chi connectivity index (χ1) is 11.3. The summed E-state index contributed by atoms with van der Waals surface area (Å²) < 4.78 is 8.94. The standard InChI is InChI=1S/C18H20N4O2/c1-18(2,3)22-12-14(11-20-22)13-5-7-15(8-6-13)24-16-17(23)21(4)10-9-19-16/h5-12H,1-4H3. The fraction of sp³-hybridized carbons (Fsp3) is 0.278.